The van der Waals surface area contributed by atoms with Crippen LogP contribution >= 0.6 is 0 Å². The summed E-state index contributed by atoms with van der Waals surface area (Å²) < 4.78 is 34.7. The Hall–Kier alpha value is -3.80. The van der Waals surface area contributed by atoms with Gasteiger partial charge in [-0.05, 0) is 36.4 Å². The molecule has 196 valence electrons. The highest BCUT2D eigenvalue weighted by Gasteiger charge is 2.39. The zero-order chi connectivity index (χ0) is 26.1. The van der Waals surface area contributed by atoms with Gasteiger partial charge in [0.25, 0.3) is 10.0 Å². The highest BCUT2D eigenvalue weighted by molar-refractivity contribution is 7.93. The molecule has 4 aromatic rings. The Balaban J connectivity index is 1.32. The van der Waals surface area contributed by atoms with Gasteiger partial charge in [0, 0.05) is 80.5 Å². The molecule has 1 unspecified atom stereocenters. The Bertz CT molecular complexity index is 1550. The van der Waals surface area contributed by atoms with Crippen molar-refractivity contribution in [1.29, 1.82) is 0 Å². The van der Waals surface area contributed by atoms with Gasteiger partial charge in [0.1, 0.15) is 4.90 Å². The van der Waals surface area contributed by atoms with Crippen molar-refractivity contribution in [2.75, 3.05) is 61.0 Å². The van der Waals surface area contributed by atoms with E-state index in [9.17, 15) is 8.42 Å². The molecule has 6 rings (SSSR count). The first kappa shape index (κ1) is 24.5. The molecule has 0 aliphatic carbocycles. The summed E-state index contributed by atoms with van der Waals surface area (Å²) in [4.78, 5) is 16.0. The summed E-state index contributed by atoms with van der Waals surface area (Å²) in [5, 5.41) is 7.36. The number of pyridine rings is 1. The van der Waals surface area contributed by atoms with E-state index in [1.54, 1.807) is 37.7 Å². The number of fused-ring (bicyclic) bond motifs is 2. The Morgan fingerprint density at radius 2 is 1.84 bits per heavy atom. The maximum atomic E-state index is 14.0. The van der Waals surface area contributed by atoms with Gasteiger partial charge >= 0.3 is 0 Å². The second-order valence-electron chi connectivity index (χ2n) is 9.40. The highest BCUT2D eigenvalue weighted by Crippen LogP contribution is 2.39. The molecule has 2 N–H and O–H groups in total. The number of aromatic nitrogens is 3. The molecule has 1 fully saturated rings. The molecular formula is C27H29N7O3S. The summed E-state index contributed by atoms with van der Waals surface area (Å²) >= 11 is 0. The van der Waals surface area contributed by atoms with Crippen LogP contribution in [-0.2, 0) is 14.8 Å². The van der Waals surface area contributed by atoms with Crippen molar-refractivity contribution >= 4 is 44.1 Å². The molecule has 0 radical (unpaired) electrons. The fraction of sp³-hybridized carbons (Fsp3) is 0.296. The van der Waals surface area contributed by atoms with Gasteiger partial charge in [-0.25, -0.2) is 17.7 Å². The molecule has 4 heterocycles. The predicted octanol–water partition coefficient (Wildman–Crippen LogP) is 3.12. The Labute approximate surface area is 221 Å². The normalized spacial score (nSPS) is 17.6. The number of hydrogen-bond donors (Lipinski definition) is 2. The van der Waals surface area contributed by atoms with Crippen molar-refractivity contribution in [2.24, 2.45) is 0 Å². The molecule has 1 atom stereocenters. The van der Waals surface area contributed by atoms with Crippen molar-refractivity contribution < 1.29 is 13.2 Å². The van der Waals surface area contributed by atoms with Crippen LogP contribution in [0.1, 0.15) is 11.5 Å². The average molecular weight is 532 g/mol. The summed E-state index contributed by atoms with van der Waals surface area (Å²) in [6, 6.07) is 16.9. The number of hydrogen-bond acceptors (Lipinski definition) is 9. The molecule has 38 heavy (non-hydrogen) atoms. The lowest BCUT2D eigenvalue weighted by Crippen LogP contribution is -2.43. The fourth-order valence-electron chi connectivity index (χ4n) is 5.08. The highest BCUT2D eigenvalue weighted by atomic mass is 32.2. The van der Waals surface area contributed by atoms with E-state index in [0.717, 1.165) is 48.5 Å². The maximum Gasteiger partial charge on any atom is 0.267 e. The third-order valence-corrected chi connectivity index (χ3v) is 8.78. The van der Waals surface area contributed by atoms with Gasteiger partial charge < -0.3 is 20.3 Å². The van der Waals surface area contributed by atoms with Crippen molar-refractivity contribution in [3.8, 4) is 0 Å². The third-order valence-electron chi connectivity index (χ3n) is 7.00. The summed E-state index contributed by atoms with van der Waals surface area (Å²) in [6.45, 7) is 4.46. The first-order valence-corrected chi connectivity index (χ1v) is 14.0. The second-order valence-corrected chi connectivity index (χ2v) is 11.2. The minimum atomic E-state index is -3.95. The van der Waals surface area contributed by atoms with Crippen LogP contribution in [0.2, 0.25) is 0 Å². The molecule has 11 heteroatoms. The zero-order valence-electron chi connectivity index (χ0n) is 21.0. The van der Waals surface area contributed by atoms with Crippen LogP contribution in [-0.4, -0.2) is 69.8 Å². The number of piperazine rings is 1. The first-order chi connectivity index (χ1) is 18.5. The van der Waals surface area contributed by atoms with E-state index in [1.165, 1.54) is 4.31 Å². The zero-order valence-corrected chi connectivity index (χ0v) is 21.9. The SMILES string of the molecule is COCC1CN(S(=O)(=O)c2cccc3cccnc23)c2nc(Nc3ccc(N4CCNCC4)cc3)ncc21. The topological polar surface area (TPSA) is 113 Å². The van der Waals surface area contributed by atoms with E-state index < -0.39 is 10.0 Å². The van der Waals surface area contributed by atoms with Crippen molar-refractivity contribution in [1.82, 2.24) is 20.3 Å². The molecule has 1 saturated heterocycles. The van der Waals surface area contributed by atoms with Gasteiger partial charge in [0.15, 0.2) is 5.82 Å². The lowest BCUT2D eigenvalue weighted by molar-refractivity contribution is 0.183. The van der Waals surface area contributed by atoms with Crippen molar-refractivity contribution in [3.05, 3.63) is 72.6 Å². The fourth-order valence-corrected chi connectivity index (χ4v) is 6.73. The molecular weight excluding hydrogens is 502 g/mol. The van der Waals surface area contributed by atoms with Crippen molar-refractivity contribution in [3.63, 3.8) is 0 Å². The smallest absolute Gasteiger partial charge is 0.267 e. The van der Waals surface area contributed by atoms with Crippen LogP contribution in [0, 0.1) is 0 Å². The largest absolute Gasteiger partial charge is 0.384 e. The molecule has 0 saturated carbocycles. The lowest BCUT2D eigenvalue weighted by Gasteiger charge is -2.29. The van der Waals surface area contributed by atoms with Crippen LogP contribution < -0.4 is 19.8 Å². The molecule has 2 aromatic carbocycles. The van der Waals surface area contributed by atoms with E-state index in [-0.39, 0.29) is 17.4 Å². The minimum Gasteiger partial charge on any atom is -0.384 e. The van der Waals surface area contributed by atoms with Crippen LogP contribution in [0.5, 0.6) is 0 Å². The minimum absolute atomic E-state index is 0.149. The number of nitrogens with one attached hydrogen (secondary N) is 2. The quantitative estimate of drug-likeness (QED) is 0.371. The Morgan fingerprint density at radius 3 is 2.63 bits per heavy atom. The van der Waals surface area contributed by atoms with E-state index in [0.29, 0.717) is 23.9 Å². The Morgan fingerprint density at radius 1 is 1.05 bits per heavy atom. The van der Waals surface area contributed by atoms with Crippen LogP contribution in [0.3, 0.4) is 0 Å². The summed E-state index contributed by atoms with van der Waals surface area (Å²) in [7, 11) is -2.35. The van der Waals surface area contributed by atoms with Gasteiger partial charge in [-0.1, -0.05) is 18.2 Å². The van der Waals surface area contributed by atoms with Gasteiger partial charge in [0.2, 0.25) is 5.95 Å². The average Bonchev–Trinajstić information content (AvgIpc) is 3.32. The summed E-state index contributed by atoms with van der Waals surface area (Å²) in [6.07, 6.45) is 3.30. The van der Waals surface area contributed by atoms with Gasteiger partial charge in [-0.3, -0.25) is 4.98 Å². The number of methoxy groups -OCH3 is 1. The number of anilines is 4. The van der Waals surface area contributed by atoms with Gasteiger partial charge in [-0.15, -0.1) is 0 Å². The van der Waals surface area contributed by atoms with Crippen LogP contribution in [0.4, 0.5) is 23.1 Å². The second kappa shape index (κ2) is 10.2. The molecule has 0 amide bonds. The van der Waals surface area contributed by atoms with Gasteiger partial charge in [0.05, 0.1) is 12.1 Å². The molecule has 2 aliphatic heterocycles. The maximum absolute atomic E-state index is 14.0. The summed E-state index contributed by atoms with van der Waals surface area (Å²) in [5.74, 6) is 0.503. The number of para-hydroxylation sites is 1. The molecule has 0 spiro atoms. The van der Waals surface area contributed by atoms with E-state index >= 15 is 0 Å². The van der Waals surface area contributed by atoms with E-state index in [2.05, 4.69) is 42.6 Å². The summed E-state index contributed by atoms with van der Waals surface area (Å²) in [5.41, 5.74) is 3.16. The molecule has 10 nitrogen and oxygen atoms in total. The van der Waals surface area contributed by atoms with Crippen LogP contribution in [0.15, 0.2) is 71.9 Å². The molecule has 0 bridgehead atoms. The predicted molar refractivity (Wildman–Crippen MR) is 148 cm³/mol. The Kier molecular flexibility index (Phi) is 6.56. The van der Waals surface area contributed by atoms with Crippen LogP contribution in [0.25, 0.3) is 10.9 Å². The standard InChI is InChI=1S/C27H29N7O3S/c1-37-18-20-17-34(38(35,36)24-6-2-4-19-5-3-11-29-25(19)24)26-23(20)16-30-27(32-26)31-21-7-9-22(10-8-21)33-14-12-28-13-15-33/h2-11,16,20,28H,12-15,17-18H2,1H3,(H,30,31,32). The number of ether oxygens (including phenoxy) is 1. The van der Waals surface area contributed by atoms with E-state index in [4.69, 9.17) is 4.74 Å². The lowest BCUT2D eigenvalue weighted by atomic mass is 10.1. The molecule has 2 aromatic heterocycles. The molecule has 2 aliphatic rings. The first-order valence-electron chi connectivity index (χ1n) is 12.6. The monoisotopic (exact) mass is 531 g/mol. The van der Waals surface area contributed by atoms with Crippen molar-refractivity contribution in [2.45, 2.75) is 10.8 Å². The van der Waals surface area contributed by atoms with E-state index in [1.807, 2.05) is 24.3 Å². The third kappa shape index (κ3) is 4.53. The number of nitrogens with zero attached hydrogens (tertiary/aromatic N) is 5. The number of rotatable bonds is 7. The number of benzene rings is 2. The number of sulfonamides is 1. The van der Waals surface area contributed by atoms with Gasteiger partial charge in [-0.2, -0.15) is 4.98 Å².